The Morgan fingerprint density at radius 2 is 1.20 bits per heavy atom. The van der Waals surface area contributed by atoms with Gasteiger partial charge in [0.05, 0.1) is 33.5 Å². The summed E-state index contributed by atoms with van der Waals surface area (Å²) in [5, 5.41) is 22.3. The molecule has 0 bridgehead atoms. The van der Waals surface area contributed by atoms with Crippen molar-refractivity contribution in [2.24, 2.45) is 0 Å². The van der Waals surface area contributed by atoms with E-state index in [2.05, 4.69) is 165 Å². The largest absolute Gasteiger partial charge is 0.477 e. The van der Waals surface area contributed by atoms with Crippen LogP contribution in [0.1, 0.15) is 125 Å². The second-order valence-electron chi connectivity index (χ2n) is 20.8. The monoisotopic (exact) mass is 1030 g/mol. The number of hydrogen-bond acceptors (Lipinski definition) is 6. The third-order valence-corrected chi connectivity index (χ3v) is 18.1. The highest BCUT2D eigenvalue weighted by molar-refractivity contribution is 7.24. The Labute approximate surface area is 455 Å². The summed E-state index contributed by atoms with van der Waals surface area (Å²) < 4.78 is 2.38. The molecule has 0 radical (unpaired) electrons. The quantitative estimate of drug-likeness (QED) is 0.0440. The maximum atomic E-state index is 12.2. The van der Waals surface area contributed by atoms with Gasteiger partial charge >= 0.3 is 5.97 Å². The number of carboxylic acids is 1. The molecule has 0 fully saturated rings. The predicted octanol–water partition coefficient (Wildman–Crippen LogP) is 19.6. The molecule has 0 amide bonds. The number of rotatable bonds is 21. The van der Waals surface area contributed by atoms with Gasteiger partial charge in [-0.1, -0.05) is 194 Å². The molecule has 76 heavy (non-hydrogen) atoms. The van der Waals surface area contributed by atoms with E-state index in [4.69, 9.17) is 9.97 Å². The molecule has 8 heteroatoms. The Morgan fingerprint density at radius 1 is 0.605 bits per heavy atom. The average molecular weight is 1030 g/mol. The standard InChI is InChI=1S/C68H64N4O2S2/c1-4-6-8-10-12-22-36-68(37-23-13-11-9-7-5-2)56-42-52(38-50(44-69)67(73)74)75-65(56)66-57(68)43-61(76-66)55-40-49(41-58-64(55)71-63(47-26-18-15-19-27-47)62(70-58)46-24-16-14-17-25-46)48-32-35-60-54(39-48)53-28-20-21-29-59(53)72(60)51-33-30-45(3)31-34-51/h14-21,24-35,38-43H,4-13,22-23,36-37H2,1-3H3,(H,73,74)/b50-38-. The van der Waals surface area contributed by atoms with Gasteiger partial charge in [-0.25, -0.2) is 14.8 Å². The summed E-state index contributed by atoms with van der Waals surface area (Å²) in [4.78, 5) is 28.0. The van der Waals surface area contributed by atoms with Crippen molar-refractivity contribution in [1.29, 1.82) is 5.26 Å². The molecule has 4 heterocycles. The summed E-state index contributed by atoms with van der Waals surface area (Å²) in [5.74, 6) is -1.20. The summed E-state index contributed by atoms with van der Waals surface area (Å²) in [6, 6.07) is 56.5. The number of para-hydroxylation sites is 1. The maximum Gasteiger partial charge on any atom is 0.346 e. The number of carboxylic acid groups (broad SMARTS) is 1. The minimum Gasteiger partial charge on any atom is -0.477 e. The van der Waals surface area contributed by atoms with E-state index >= 15 is 0 Å². The fraction of sp³-hybridized carbons (Fsp3) is 0.265. The molecule has 0 saturated carbocycles. The van der Waals surface area contributed by atoms with Crippen LogP contribution in [0.5, 0.6) is 0 Å². The van der Waals surface area contributed by atoms with E-state index in [-0.39, 0.29) is 11.0 Å². The SMILES string of the molecule is CCCCCCCCC1(CCCCCCCC)c2cc(/C=C(/C#N)C(=O)O)sc2-c2sc(-c3cc(-c4ccc5c(c4)c4ccccc4n5-c4ccc(C)cc4)cc4nc(-c5ccccc5)c(-c5ccccc5)nc34)cc21. The van der Waals surface area contributed by atoms with Crippen molar-refractivity contribution in [3.8, 4) is 65.6 Å². The Balaban J connectivity index is 1.13. The van der Waals surface area contributed by atoms with Gasteiger partial charge in [0, 0.05) is 58.1 Å². The van der Waals surface area contributed by atoms with Crippen molar-refractivity contribution in [1.82, 2.24) is 14.5 Å². The lowest BCUT2D eigenvalue weighted by Crippen LogP contribution is -2.25. The molecule has 0 atom stereocenters. The third kappa shape index (κ3) is 9.83. The predicted molar refractivity (Wildman–Crippen MR) is 320 cm³/mol. The molecule has 380 valence electrons. The van der Waals surface area contributed by atoms with Crippen LogP contribution in [0, 0.1) is 18.3 Å². The van der Waals surface area contributed by atoms with Crippen molar-refractivity contribution in [2.45, 2.75) is 116 Å². The Hall–Kier alpha value is -7.44. The third-order valence-electron chi connectivity index (χ3n) is 15.7. The molecule has 0 saturated heterocycles. The van der Waals surface area contributed by atoms with Crippen LogP contribution in [-0.2, 0) is 10.2 Å². The van der Waals surface area contributed by atoms with E-state index in [1.165, 1.54) is 107 Å². The number of aliphatic carboxylic acids is 1. The lowest BCUT2D eigenvalue weighted by Gasteiger charge is -2.31. The first-order chi connectivity index (χ1) is 37.3. The molecule has 1 aliphatic carbocycles. The second-order valence-corrected chi connectivity index (χ2v) is 22.9. The van der Waals surface area contributed by atoms with E-state index in [1.807, 2.05) is 29.5 Å². The van der Waals surface area contributed by atoms with Crippen molar-refractivity contribution in [2.75, 3.05) is 0 Å². The number of fused-ring (bicyclic) bond motifs is 7. The topological polar surface area (TPSA) is 91.8 Å². The van der Waals surface area contributed by atoms with Crippen molar-refractivity contribution >= 4 is 67.6 Å². The molecule has 0 aliphatic heterocycles. The first-order valence-corrected chi connectivity index (χ1v) is 29.1. The van der Waals surface area contributed by atoms with Crippen molar-refractivity contribution < 1.29 is 9.90 Å². The fourth-order valence-electron chi connectivity index (χ4n) is 11.8. The highest BCUT2D eigenvalue weighted by Crippen LogP contribution is 2.61. The van der Waals surface area contributed by atoms with Crippen LogP contribution in [-0.4, -0.2) is 25.6 Å². The number of nitrogens with zero attached hydrogens (tertiary/aromatic N) is 4. The smallest absolute Gasteiger partial charge is 0.346 e. The highest BCUT2D eigenvalue weighted by Gasteiger charge is 2.45. The zero-order valence-corrected chi connectivity index (χ0v) is 45.5. The number of nitriles is 1. The van der Waals surface area contributed by atoms with Crippen molar-refractivity contribution in [3.63, 3.8) is 0 Å². The number of hydrogen-bond donors (Lipinski definition) is 1. The summed E-state index contributed by atoms with van der Waals surface area (Å²) in [7, 11) is 0. The first-order valence-electron chi connectivity index (χ1n) is 27.5. The Bertz CT molecular complexity index is 3780. The first kappa shape index (κ1) is 50.7. The molecule has 10 aromatic rings. The van der Waals surface area contributed by atoms with E-state index in [1.54, 1.807) is 17.4 Å². The molecular formula is C68H64N4O2S2. The van der Waals surface area contributed by atoms with E-state index in [9.17, 15) is 15.2 Å². The minimum absolute atomic E-state index is 0.242. The van der Waals surface area contributed by atoms with E-state index in [0.717, 1.165) is 96.9 Å². The number of aryl methyl sites for hydroxylation is 1. The molecule has 0 unspecified atom stereocenters. The minimum atomic E-state index is -1.20. The number of aromatic nitrogens is 3. The van der Waals surface area contributed by atoms with Gasteiger partial charge < -0.3 is 9.67 Å². The molecule has 1 aliphatic rings. The van der Waals surface area contributed by atoms with Crippen LogP contribution in [0.4, 0.5) is 0 Å². The molecule has 11 rings (SSSR count). The maximum absolute atomic E-state index is 12.2. The van der Waals surface area contributed by atoms with Gasteiger partial charge in [-0.3, -0.25) is 0 Å². The van der Waals surface area contributed by atoms with E-state index < -0.39 is 5.97 Å². The normalized spacial score (nSPS) is 12.9. The van der Waals surface area contributed by atoms with Gasteiger partial charge in [0.2, 0.25) is 0 Å². The summed E-state index contributed by atoms with van der Waals surface area (Å²) in [5.41, 5.74) is 15.5. The lowest BCUT2D eigenvalue weighted by molar-refractivity contribution is -0.132. The van der Waals surface area contributed by atoms with Gasteiger partial charge in [-0.2, -0.15) is 5.26 Å². The zero-order chi connectivity index (χ0) is 52.2. The van der Waals surface area contributed by atoms with E-state index in [0.29, 0.717) is 0 Å². The molecule has 6 nitrogen and oxygen atoms in total. The van der Waals surface area contributed by atoms with Gasteiger partial charge in [0.15, 0.2) is 0 Å². The molecule has 1 N–H and O–H groups in total. The highest BCUT2D eigenvalue weighted by atomic mass is 32.1. The second kappa shape index (κ2) is 22.4. The summed E-state index contributed by atoms with van der Waals surface area (Å²) in [6.07, 6.45) is 18.1. The van der Waals surface area contributed by atoms with Crippen LogP contribution in [0.15, 0.2) is 157 Å². The molecule has 4 aromatic heterocycles. The Morgan fingerprint density at radius 3 is 1.86 bits per heavy atom. The van der Waals surface area contributed by atoms with Crippen LogP contribution in [0.25, 0.3) is 98.4 Å². The van der Waals surface area contributed by atoms with Crippen LogP contribution in [0.2, 0.25) is 0 Å². The van der Waals surface area contributed by atoms with Crippen molar-refractivity contribution in [3.05, 3.63) is 179 Å². The fourth-order valence-corrected chi connectivity index (χ4v) is 14.4. The number of thiophene rings is 2. The van der Waals surface area contributed by atoms with Crippen LogP contribution in [0.3, 0.4) is 0 Å². The average Bonchev–Trinajstić information content (AvgIpc) is 4.39. The van der Waals surface area contributed by atoms with Gasteiger partial charge in [-0.15, -0.1) is 22.7 Å². The van der Waals surface area contributed by atoms with Crippen LogP contribution >= 0.6 is 22.7 Å². The zero-order valence-electron chi connectivity index (χ0n) is 43.9. The molecular weight excluding hydrogens is 969 g/mol. The lowest BCUT2D eigenvalue weighted by atomic mass is 9.71. The number of unbranched alkanes of at least 4 members (excludes halogenated alkanes) is 10. The Kier molecular flexibility index (Phi) is 15.0. The van der Waals surface area contributed by atoms with Crippen LogP contribution < -0.4 is 0 Å². The number of carbonyl (C=O) groups is 1. The summed E-state index contributed by atoms with van der Waals surface area (Å²) >= 11 is 3.46. The van der Waals surface area contributed by atoms with Gasteiger partial charge in [-0.05, 0) is 103 Å². The summed E-state index contributed by atoms with van der Waals surface area (Å²) in [6.45, 7) is 6.68. The molecule has 6 aromatic carbocycles. The number of benzene rings is 6. The van der Waals surface area contributed by atoms with Gasteiger partial charge in [0.25, 0.3) is 0 Å². The molecule has 0 spiro atoms. The van der Waals surface area contributed by atoms with Gasteiger partial charge in [0.1, 0.15) is 11.6 Å².